The van der Waals surface area contributed by atoms with Gasteiger partial charge in [0.15, 0.2) is 0 Å². The number of hydrogen-bond acceptors (Lipinski definition) is 5. The second kappa shape index (κ2) is 10.4. The van der Waals surface area contributed by atoms with E-state index in [-0.39, 0.29) is 22.8 Å². The number of hydrogen-bond donors (Lipinski definition) is 2. The molecule has 0 spiro atoms. The van der Waals surface area contributed by atoms with E-state index in [4.69, 9.17) is 0 Å². The summed E-state index contributed by atoms with van der Waals surface area (Å²) in [5.41, 5.74) is 0.534. The third kappa shape index (κ3) is 6.14. The van der Waals surface area contributed by atoms with Gasteiger partial charge in [-0.3, -0.25) is 19.7 Å². The molecular weight excluding hydrogens is 501 g/mol. The zero-order chi connectivity index (χ0) is 23.3. The van der Waals surface area contributed by atoms with E-state index in [1.807, 2.05) is 0 Å². The van der Waals surface area contributed by atoms with Crippen LogP contribution in [-0.2, 0) is 4.79 Å². The van der Waals surface area contributed by atoms with E-state index in [1.54, 1.807) is 37.3 Å². The Kier molecular flexibility index (Phi) is 7.60. The molecule has 0 heterocycles. The number of nitrogens with zero attached hydrogens (tertiary/aromatic N) is 1. The molecule has 10 heteroatoms. The van der Waals surface area contributed by atoms with Crippen molar-refractivity contribution >= 4 is 56.6 Å². The molecule has 32 heavy (non-hydrogen) atoms. The molecule has 2 amide bonds. The molecule has 3 aromatic rings. The van der Waals surface area contributed by atoms with Crippen LogP contribution in [0.3, 0.4) is 0 Å². The monoisotopic (exact) mass is 517 g/mol. The third-order valence-corrected chi connectivity index (χ3v) is 5.87. The molecule has 0 saturated heterocycles. The van der Waals surface area contributed by atoms with Gasteiger partial charge in [0.25, 0.3) is 11.6 Å². The van der Waals surface area contributed by atoms with E-state index in [9.17, 15) is 24.1 Å². The predicted molar refractivity (Wildman–Crippen MR) is 126 cm³/mol. The van der Waals surface area contributed by atoms with E-state index in [2.05, 4.69) is 26.6 Å². The van der Waals surface area contributed by atoms with Crippen molar-refractivity contribution in [2.75, 3.05) is 10.6 Å². The fourth-order valence-corrected chi connectivity index (χ4v) is 3.95. The fraction of sp³-hybridized carbons (Fsp3) is 0.0909. The summed E-state index contributed by atoms with van der Waals surface area (Å²) in [7, 11) is 0. The Labute approximate surface area is 195 Å². The van der Waals surface area contributed by atoms with Crippen LogP contribution in [-0.4, -0.2) is 22.0 Å². The number of anilines is 2. The van der Waals surface area contributed by atoms with Crippen LogP contribution in [0, 0.1) is 15.9 Å². The quantitative estimate of drug-likeness (QED) is 0.232. The molecule has 7 nitrogen and oxygen atoms in total. The largest absolute Gasteiger partial charge is 0.323 e. The summed E-state index contributed by atoms with van der Waals surface area (Å²) < 4.78 is 14.5. The first-order chi connectivity index (χ1) is 15.2. The molecule has 0 aliphatic carbocycles. The molecule has 0 radical (unpaired) electrons. The fourth-order valence-electron chi connectivity index (χ4n) is 2.69. The zero-order valence-electron chi connectivity index (χ0n) is 16.7. The molecule has 3 rings (SSSR count). The molecule has 0 fully saturated rings. The average Bonchev–Trinajstić information content (AvgIpc) is 2.76. The highest BCUT2D eigenvalue weighted by Gasteiger charge is 2.17. The minimum absolute atomic E-state index is 0.0867. The molecule has 0 bridgehead atoms. The molecule has 0 aliphatic rings. The van der Waals surface area contributed by atoms with Gasteiger partial charge < -0.3 is 10.6 Å². The van der Waals surface area contributed by atoms with Crippen LogP contribution in [0.1, 0.15) is 17.3 Å². The standard InChI is InChI=1S/C22H17BrFN3O4S/c1-13(21(28)26-20-9-8-15(23)11-19(20)24)32-18-7-3-5-16(12-18)25-22(29)14-4-2-6-17(10-14)27(30)31/h2-13H,1H3,(H,25,29)(H,26,28). The maximum absolute atomic E-state index is 14.0. The van der Waals surface area contributed by atoms with Crippen molar-refractivity contribution < 1.29 is 18.9 Å². The normalized spacial score (nSPS) is 11.5. The molecule has 0 aliphatic heterocycles. The number of nitro groups is 1. The Morgan fingerprint density at radius 2 is 1.81 bits per heavy atom. The van der Waals surface area contributed by atoms with Gasteiger partial charge in [-0.2, -0.15) is 0 Å². The van der Waals surface area contributed by atoms with Crippen molar-refractivity contribution in [3.05, 3.63) is 92.7 Å². The van der Waals surface area contributed by atoms with Gasteiger partial charge in [0, 0.05) is 32.8 Å². The van der Waals surface area contributed by atoms with Crippen molar-refractivity contribution in [1.82, 2.24) is 0 Å². The van der Waals surface area contributed by atoms with E-state index >= 15 is 0 Å². The lowest BCUT2D eigenvalue weighted by Crippen LogP contribution is -2.23. The smallest absolute Gasteiger partial charge is 0.270 e. The van der Waals surface area contributed by atoms with Crippen molar-refractivity contribution in [3.8, 4) is 0 Å². The van der Waals surface area contributed by atoms with E-state index < -0.39 is 21.9 Å². The molecule has 2 N–H and O–H groups in total. The first-order valence-corrected chi connectivity index (χ1v) is 11.0. The summed E-state index contributed by atoms with van der Waals surface area (Å²) in [6, 6.07) is 16.6. The molecule has 0 saturated carbocycles. The van der Waals surface area contributed by atoms with E-state index in [1.165, 1.54) is 48.2 Å². The highest BCUT2D eigenvalue weighted by atomic mass is 79.9. The van der Waals surface area contributed by atoms with Gasteiger partial charge in [-0.25, -0.2) is 4.39 Å². The highest BCUT2D eigenvalue weighted by Crippen LogP contribution is 2.28. The Morgan fingerprint density at radius 1 is 1.06 bits per heavy atom. The number of carbonyl (C=O) groups is 2. The zero-order valence-corrected chi connectivity index (χ0v) is 19.1. The van der Waals surface area contributed by atoms with Crippen molar-refractivity contribution in [3.63, 3.8) is 0 Å². The first kappa shape index (κ1) is 23.4. The van der Waals surface area contributed by atoms with Crippen LogP contribution >= 0.6 is 27.7 Å². The third-order valence-electron chi connectivity index (χ3n) is 4.28. The molecular formula is C22H17BrFN3O4S. The maximum Gasteiger partial charge on any atom is 0.270 e. The van der Waals surface area contributed by atoms with Crippen LogP contribution in [0.15, 0.2) is 76.1 Å². The van der Waals surface area contributed by atoms with Gasteiger partial charge >= 0.3 is 0 Å². The number of thioether (sulfide) groups is 1. The lowest BCUT2D eigenvalue weighted by molar-refractivity contribution is -0.384. The molecule has 1 unspecified atom stereocenters. The van der Waals surface area contributed by atoms with Gasteiger partial charge in [0.1, 0.15) is 5.82 Å². The summed E-state index contributed by atoms with van der Waals surface area (Å²) in [6.45, 7) is 1.69. The topological polar surface area (TPSA) is 101 Å². The van der Waals surface area contributed by atoms with Crippen LogP contribution < -0.4 is 10.6 Å². The van der Waals surface area contributed by atoms with E-state index in [0.29, 0.717) is 15.1 Å². The summed E-state index contributed by atoms with van der Waals surface area (Å²) in [4.78, 5) is 35.9. The lowest BCUT2D eigenvalue weighted by atomic mass is 10.2. The minimum atomic E-state index is -0.569. The molecule has 1 atom stereocenters. The molecule has 3 aromatic carbocycles. The number of non-ortho nitro benzene ring substituents is 1. The van der Waals surface area contributed by atoms with Gasteiger partial charge in [-0.05, 0) is 49.4 Å². The number of carbonyl (C=O) groups excluding carboxylic acids is 2. The second-order valence-electron chi connectivity index (χ2n) is 6.66. The van der Waals surface area contributed by atoms with Gasteiger partial charge in [-0.1, -0.05) is 28.1 Å². The maximum atomic E-state index is 14.0. The predicted octanol–water partition coefficient (Wildman–Crippen LogP) is 5.87. The van der Waals surface area contributed by atoms with Crippen LogP contribution in [0.5, 0.6) is 0 Å². The number of amides is 2. The van der Waals surface area contributed by atoms with Crippen LogP contribution in [0.4, 0.5) is 21.5 Å². The SMILES string of the molecule is CC(Sc1cccc(NC(=O)c2cccc([N+](=O)[O-])c2)c1)C(=O)Nc1ccc(Br)cc1F. The summed E-state index contributed by atoms with van der Waals surface area (Å²) in [5, 5.41) is 15.6. The Balaban J connectivity index is 1.65. The molecule has 164 valence electrons. The van der Waals surface area contributed by atoms with E-state index in [0.717, 1.165) is 0 Å². The number of benzene rings is 3. The van der Waals surface area contributed by atoms with Gasteiger partial charge in [-0.15, -0.1) is 11.8 Å². The Hall–Kier alpha value is -3.24. The summed E-state index contributed by atoms with van der Waals surface area (Å²) >= 11 is 4.41. The highest BCUT2D eigenvalue weighted by molar-refractivity contribution is 9.10. The van der Waals surface area contributed by atoms with Crippen molar-refractivity contribution in [2.45, 2.75) is 17.1 Å². The number of nitro benzene ring substituents is 1. The average molecular weight is 518 g/mol. The van der Waals surface area contributed by atoms with Crippen LogP contribution in [0.25, 0.3) is 0 Å². The van der Waals surface area contributed by atoms with Gasteiger partial charge in [0.05, 0.1) is 15.9 Å². The first-order valence-electron chi connectivity index (χ1n) is 9.31. The number of halogens is 2. The summed E-state index contributed by atoms with van der Waals surface area (Å²) in [6.07, 6.45) is 0. The number of nitrogens with one attached hydrogen (secondary N) is 2. The second-order valence-corrected chi connectivity index (χ2v) is 8.99. The molecule has 0 aromatic heterocycles. The van der Waals surface area contributed by atoms with Crippen LogP contribution in [0.2, 0.25) is 0 Å². The Morgan fingerprint density at radius 3 is 2.53 bits per heavy atom. The van der Waals surface area contributed by atoms with Crippen molar-refractivity contribution in [1.29, 1.82) is 0 Å². The summed E-state index contributed by atoms with van der Waals surface area (Å²) in [5.74, 6) is -1.41. The minimum Gasteiger partial charge on any atom is -0.323 e. The Bertz CT molecular complexity index is 1190. The van der Waals surface area contributed by atoms with Crippen molar-refractivity contribution in [2.24, 2.45) is 0 Å². The number of rotatable bonds is 7. The lowest BCUT2D eigenvalue weighted by Gasteiger charge is -2.13. The van der Waals surface area contributed by atoms with Gasteiger partial charge in [0.2, 0.25) is 5.91 Å².